The highest BCUT2D eigenvalue weighted by Crippen LogP contribution is 2.23. The summed E-state index contributed by atoms with van der Waals surface area (Å²) >= 11 is 5.93. The molecule has 18 heavy (non-hydrogen) atoms. The van der Waals surface area contributed by atoms with E-state index < -0.39 is 11.5 Å². The first-order valence-electron chi connectivity index (χ1n) is 5.99. The quantitative estimate of drug-likeness (QED) is 0.864. The minimum atomic E-state index is -1.39. The summed E-state index contributed by atoms with van der Waals surface area (Å²) in [6, 6.07) is 7.58. The summed E-state index contributed by atoms with van der Waals surface area (Å²) in [4.78, 5) is 13.3. The molecule has 2 rings (SSSR count). The molecule has 1 saturated heterocycles. The molecule has 0 spiro atoms. The van der Waals surface area contributed by atoms with E-state index in [1.807, 2.05) is 29.2 Å². The van der Waals surface area contributed by atoms with Crippen molar-refractivity contribution in [1.82, 2.24) is 4.90 Å². The number of nitrogens with zero attached hydrogens (tertiary/aromatic N) is 1. The number of amides is 1. The molecule has 0 unspecified atom stereocenters. The number of likely N-dealkylation sites (tertiary alicyclic amines) is 1. The number of benzene rings is 1. The van der Waals surface area contributed by atoms with Crippen LogP contribution in [0.25, 0.3) is 0 Å². The Labute approximate surface area is 111 Å². The minimum absolute atomic E-state index is 0.287. The van der Waals surface area contributed by atoms with Crippen LogP contribution in [0.3, 0.4) is 0 Å². The Morgan fingerprint density at radius 3 is 3.00 bits per heavy atom. The maximum absolute atomic E-state index is 11.3. The van der Waals surface area contributed by atoms with Gasteiger partial charge >= 0.3 is 0 Å². The van der Waals surface area contributed by atoms with E-state index in [1.54, 1.807) is 0 Å². The number of hydrogen-bond donors (Lipinski definition) is 2. The maximum atomic E-state index is 11.3. The molecule has 1 atom stereocenters. The first kappa shape index (κ1) is 13.3. The van der Waals surface area contributed by atoms with Crippen molar-refractivity contribution >= 4 is 17.5 Å². The van der Waals surface area contributed by atoms with Gasteiger partial charge in [-0.1, -0.05) is 23.7 Å². The second kappa shape index (κ2) is 5.26. The molecule has 0 saturated carbocycles. The third-order valence-corrected chi connectivity index (χ3v) is 3.54. The zero-order valence-electron chi connectivity index (χ0n) is 10.1. The first-order chi connectivity index (χ1) is 8.49. The summed E-state index contributed by atoms with van der Waals surface area (Å²) in [7, 11) is 0. The largest absolute Gasteiger partial charge is 0.379 e. The Morgan fingerprint density at radius 2 is 2.33 bits per heavy atom. The van der Waals surface area contributed by atoms with Crippen LogP contribution in [-0.2, 0) is 11.3 Å². The summed E-state index contributed by atoms with van der Waals surface area (Å²) in [5, 5.41) is 10.8. The molecule has 4 nitrogen and oxygen atoms in total. The molecule has 0 radical (unpaired) electrons. The molecule has 0 aliphatic carbocycles. The lowest BCUT2D eigenvalue weighted by atomic mass is 9.92. The fourth-order valence-corrected chi connectivity index (χ4v) is 2.57. The van der Waals surface area contributed by atoms with Crippen molar-refractivity contribution in [2.75, 3.05) is 13.1 Å². The number of β-amino-alcohol motifs (C(OH)–C–C–N with tert-alkyl or cyclic N) is 1. The fourth-order valence-electron chi connectivity index (χ4n) is 2.35. The summed E-state index contributed by atoms with van der Waals surface area (Å²) < 4.78 is 0. The lowest BCUT2D eigenvalue weighted by molar-refractivity contribution is -0.142. The fraction of sp³-hybridized carbons (Fsp3) is 0.462. The van der Waals surface area contributed by atoms with E-state index in [-0.39, 0.29) is 6.54 Å². The van der Waals surface area contributed by atoms with Crippen LogP contribution in [0.1, 0.15) is 18.4 Å². The van der Waals surface area contributed by atoms with Gasteiger partial charge in [0.25, 0.3) is 5.91 Å². The average molecular weight is 269 g/mol. The highest BCUT2D eigenvalue weighted by atomic mass is 35.5. The summed E-state index contributed by atoms with van der Waals surface area (Å²) in [5.74, 6) is -0.640. The van der Waals surface area contributed by atoms with Crippen LogP contribution in [0.5, 0.6) is 0 Å². The van der Waals surface area contributed by atoms with Crippen molar-refractivity contribution in [1.29, 1.82) is 0 Å². The van der Waals surface area contributed by atoms with Crippen LogP contribution >= 0.6 is 11.6 Å². The number of rotatable bonds is 3. The summed E-state index contributed by atoms with van der Waals surface area (Å²) in [5.41, 5.74) is 4.92. The van der Waals surface area contributed by atoms with E-state index in [1.165, 1.54) is 0 Å². The van der Waals surface area contributed by atoms with Crippen LogP contribution in [-0.4, -0.2) is 34.6 Å². The van der Waals surface area contributed by atoms with Gasteiger partial charge < -0.3 is 10.8 Å². The molecule has 1 aliphatic rings. The number of carbonyl (C=O) groups excluding carboxylic acids is 1. The van der Waals surface area contributed by atoms with Gasteiger partial charge in [0, 0.05) is 18.1 Å². The average Bonchev–Trinajstić information content (AvgIpc) is 2.29. The Bertz CT molecular complexity index is 452. The first-order valence-corrected chi connectivity index (χ1v) is 6.36. The van der Waals surface area contributed by atoms with Gasteiger partial charge in [0.1, 0.15) is 0 Å². The van der Waals surface area contributed by atoms with E-state index in [2.05, 4.69) is 0 Å². The SMILES string of the molecule is NC(=O)[C@]1(O)CCCN(Cc2cccc(Cl)c2)C1. The molecule has 1 amide bonds. The minimum Gasteiger partial charge on any atom is -0.379 e. The number of aliphatic hydroxyl groups is 1. The lowest BCUT2D eigenvalue weighted by Crippen LogP contribution is -2.55. The van der Waals surface area contributed by atoms with Crippen LogP contribution in [0.2, 0.25) is 5.02 Å². The van der Waals surface area contributed by atoms with Gasteiger partial charge in [-0.05, 0) is 37.1 Å². The van der Waals surface area contributed by atoms with Crippen molar-refractivity contribution < 1.29 is 9.90 Å². The monoisotopic (exact) mass is 268 g/mol. The van der Waals surface area contributed by atoms with Crippen molar-refractivity contribution in [2.45, 2.75) is 25.0 Å². The Kier molecular flexibility index (Phi) is 3.90. The Morgan fingerprint density at radius 1 is 1.56 bits per heavy atom. The van der Waals surface area contributed by atoms with Gasteiger partial charge in [-0.15, -0.1) is 0 Å². The van der Waals surface area contributed by atoms with Crippen LogP contribution in [0.4, 0.5) is 0 Å². The van der Waals surface area contributed by atoms with Gasteiger partial charge in [-0.2, -0.15) is 0 Å². The zero-order valence-corrected chi connectivity index (χ0v) is 10.9. The normalized spacial score (nSPS) is 25.0. The molecule has 1 aliphatic heterocycles. The standard InChI is InChI=1S/C13H17ClN2O2/c14-11-4-1-3-10(7-11)8-16-6-2-5-13(18,9-16)12(15)17/h1,3-4,7,18H,2,5-6,8-9H2,(H2,15,17)/t13-/m0/s1. The third kappa shape index (κ3) is 3.02. The predicted molar refractivity (Wildman–Crippen MR) is 70.1 cm³/mol. The van der Waals surface area contributed by atoms with Gasteiger partial charge in [0.2, 0.25) is 0 Å². The molecule has 0 aromatic heterocycles. The van der Waals surface area contributed by atoms with Crippen LogP contribution < -0.4 is 5.73 Å². The molecule has 98 valence electrons. The second-order valence-corrected chi connectivity index (χ2v) is 5.28. The molecular formula is C13H17ClN2O2. The van der Waals surface area contributed by atoms with Gasteiger partial charge in [-0.25, -0.2) is 0 Å². The van der Waals surface area contributed by atoms with Crippen molar-refractivity contribution in [3.8, 4) is 0 Å². The molecule has 3 N–H and O–H groups in total. The van der Waals surface area contributed by atoms with E-state index in [9.17, 15) is 9.90 Å². The predicted octanol–water partition coefficient (Wildman–Crippen LogP) is 1.15. The number of carbonyl (C=O) groups is 1. The zero-order chi connectivity index (χ0) is 13.2. The molecule has 0 bridgehead atoms. The van der Waals surface area contributed by atoms with Crippen LogP contribution in [0.15, 0.2) is 24.3 Å². The van der Waals surface area contributed by atoms with Crippen molar-refractivity contribution in [3.63, 3.8) is 0 Å². The number of piperidine rings is 1. The number of primary amides is 1. The molecule has 5 heteroatoms. The van der Waals surface area contributed by atoms with Gasteiger partial charge in [-0.3, -0.25) is 9.69 Å². The van der Waals surface area contributed by atoms with E-state index >= 15 is 0 Å². The highest BCUT2D eigenvalue weighted by molar-refractivity contribution is 6.30. The second-order valence-electron chi connectivity index (χ2n) is 4.84. The number of hydrogen-bond acceptors (Lipinski definition) is 3. The van der Waals surface area contributed by atoms with Crippen molar-refractivity contribution in [3.05, 3.63) is 34.9 Å². The Balaban J connectivity index is 2.04. The summed E-state index contributed by atoms with van der Waals surface area (Å²) in [6.07, 6.45) is 1.20. The van der Waals surface area contributed by atoms with E-state index in [0.717, 1.165) is 18.5 Å². The molecule has 1 heterocycles. The molecule has 1 aromatic carbocycles. The highest BCUT2D eigenvalue weighted by Gasteiger charge is 2.38. The lowest BCUT2D eigenvalue weighted by Gasteiger charge is -2.37. The molecule has 1 aromatic rings. The van der Waals surface area contributed by atoms with Crippen molar-refractivity contribution in [2.24, 2.45) is 5.73 Å². The van der Waals surface area contributed by atoms with E-state index in [0.29, 0.717) is 18.0 Å². The topological polar surface area (TPSA) is 66.6 Å². The third-order valence-electron chi connectivity index (χ3n) is 3.30. The number of halogens is 1. The smallest absolute Gasteiger partial charge is 0.250 e. The van der Waals surface area contributed by atoms with Gasteiger partial charge in [0.15, 0.2) is 5.60 Å². The van der Waals surface area contributed by atoms with Crippen LogP contribution in [0, 0.1) is 0 Å². The molecular weight excluding hydrogens is 252 g/mol. The summed E-state index contributed by atoms with van der Waals surface area (Å²) in [6.45, 7) is 1.80. The van der Waals surface area contributed by atoms with Gasteiger partial charge in [0.05, 0.1) is 0 Å². The van der Waals surface area contributed by atoms with E-state index in [4.69, 9.17) is 17.3 Å². The number of nitrogens with two attached hydrogens (primary N) is 1. The maximum Gasteiger partial charge on any atom is 0.250 e. The molecule has 1 fully saturated rings. The Hall–Kier alpha value is -1.10.